The normalized spacial score (nSPS) is 27.7. The van der Waals surface area contributed by atoms with Crippen molar-refractivity contribution in [3.8, 4) is 0 Å². The lowest BCUT2D eigenvalue weighted by atomic mass is 9.66. The number of nitrogens with two attached hydrogens (primary N) is 1. The molecule has 0 atom stereocenters. The zero-order chi connectivity index (χ0) is 12.4. The van der Waals surface area contributed by atoms with Gasteiger partial charge in [0.25, 0.3) is 0 Å². The molecule has 0 radical (unpaired) electrons. The molecule has 1 saturated carbocycles. The van der Waals surface area contributed by atoms with E-state index < -0.39 is 0 Å². The number of hydrogen-bond donors (Lipinski definition) is 1. The van der Waals surface area contributed by atoms with Crippen LogP contribution in [-0.2, 0) is 0 Å². The highest BCUT2D eigenvalue weighted by Crippen LogP contribution is 2.43. The average molecular weight is 238 g/mol. The third kappa shape index (κ3) is 3.03. The molecule has 0 bridgehead atoms. The molecule has 1 aliphatic carbocycles. The smallest absolute Gasteiger partial charge is 0.00130 e. The summed E-state index contributed by atoms with van der Waals surface area (Å²) >= 11 is 0. The standard InChI is InChI=1S/C15H30N2/c1-3-14(2)7-10-17(11-8-14)12-9-15(13-16)5-4-6-15/h3-13,16H2,1-2H3. The van der Waals surface area contributed by atoms with Crippen molar-refractivity contribution in [1.82, 2.24) is 4.90 Å². The molecule has 0 spiro atoms. The second-order valence-corrected chi connectivity index (χ2v) is 6.81. The van der Waals surface area contributed by atoms with Crippen molar-refractivity contribution in [2.75, 3.05) is 26.2 Å². The first-order chi connectivity index (χ1) is 8.11. The maximum Gasteiger partial charge on any atom is -0.00130 e. The summed E-state index contributed by atoms with van der Waals surface area (Å²) in [5, 5.41) is 0. The second kappa shape index (κ2) is 5.27. The molecule has 1 aliphatic heterocycles. The second-order valence-electron chi connectivity index (χ2n) is 6.81. The number of nitrogens with zero attached hydrogens (tertiary/aromatic N) is 1. The zero-order valence-electron chi connectivity index (χ0n) is 11.8. The van der Waals surface area contributed by atoms with Gasteiger partial charge in [-0.3, -0.25) is 0 Å². The minimum absolute atomic E-state index is 0.533. The van der Waals surface area contributed by atoms with Gasteiger partial charge in [0.2, 0.25) is 0 Å². The lowest BCUT2D eigenvalue weighted by molar-refractivity contribution is 0.0722. The van der Waals surface area contributed by atoms with Gasteiger partial charge in [-0.2, -0.15) is 0 Å². The van der Waals surface area contributed by atoms with E-state index in [9.17, 15) is 0 Å². The van der Waals surface area contributed by atoms with E-state index in [4.69, 9.17) is 5.73 Å². The van der Waals surface area contributed by atoms with E-state index in [0.29, 0.717) is 10.8 Å². The topological polar surface area (TPSA) is 29.3 Å². The van der Waals surface area contributed by atoms with Gasteiger partial charge in [-0.1, -0.05) is 26.7 Å². The molecular formula is C15H30N2. The molecule has 17 heavy (non-hydrogen) atoms. The Labute approximate surface area is 107 Å². The van der Waals surface area contributed by atoms with E-state index >= 15 is 0 Å². The Kier molecular flexibility index (Phi) is 4.14. The largest absolute Gasteiger partial charge is 0.330 e. The summed E-state index contributed by atoms with van der Waals surface area (Å²) in [6, 6.07) is 0. The summed E-state index contributed by atoms with van der Waals surface area (Å²) in [5.74, 6) is 0. The molecule has 100 valence electrons. The quantitative estimate of drug-likeness (QED) is 0.798. The van der Waals surface area contributed by atoms with Gasteiger partial charge in [0, 0.05) is 0 Å². The van der Waals surface area contributed by atoms with Crippen molar-refractivity contribution in [3.63, 3.8) is 0 Å². The highest BCUT2D eigenvalue weighted by atomic mass is 15.1. The number of likely N-dealkylation sites (tertiary alicyclic amines) is 1. The van der Waals surface area contributed by atoms with Crippen molar-refractivity contribution in [3.05, 3.63) is 0 Å². The van der Waals surface area contributed by atoms with Gasteiger partial charge in [-0.25, -0.2) is 0 Å². The van der Waals surface area contributed by atoms with Crippen molar-refractivity contribution in [1.29, 1.82) is 0 Å². The van der Waals surface area contributed by atoms with Gasteiger partial charge in [0.15, 0.2) is 0 Å². The van der Waals surface area contributed by atoms with Gasteiger partial charge in [0.1, 0.15) is 0 Å². The Bertz CT molecular complexity index is 232. The molecule has 0 unspecified atom stereocenters. The van der Waals surface area contributed by atoms with Crippen LogP contribution in [0.15, 0.2) is 0 Å². The van der Waals surface area contributed by atoms with E-state index in [1.807, 2.05) is 0 Å². The summed E-state index contributed by atoms with van der Waals surface area (Å²) in [6.07, 6.45) is 9.62. The summed E-state index contributed by atoms with van der Waals surface area (Å²) in [5.41, 5.74) is 7.09. The van der Waals surface area contributed by atoms with E-state index in [1.165, 1.54) is 64.6 Å². The van der Waals surface area contributed by atoms with Crippen LogP contribution < -0.4 is 5.73 Å². The van der Waals surface area contributed by atoms with Crippen molar-refractivity contribution >= 4 is 0 Å². The van der Waals surface area contributed by atoms with Crippen LogP contribution >= 0.6 is 0 Å². The average Bonchev–Trinajstić information content (AvgIpc) is 2.31. The molecule has 2 N–H and O–H groups in total. The predicted octanol–water partition coefficient (Wildman–Crippen LogP) is 3.02. The van der Waals surface area contributed by atoms with Crippen LogP contribution in [0, 0.1) is 10.8 Å². The summed E-state index contributed by atoms with van der Waals surface area (Å²) in [6.45, 7) is 9.62. The first kappa shape index (κ1) is 13.4. The summed E-state index contributed by atoms with van der Waals surface area (Å²) < 4.78 is 0. The molecule has 0 amide bonds. The highest BCUT2D eigenvalue weighted by Gasteiger charge is 2.36. The van der Waals surface area contributed by atoms with Crippen LogP contribution in [0.5, 0.6) is 0 Å². The van der Waals surface area contributed by atoms with Crippen LogP contribution in [0.1, 0.15) is 58.8 Å². The minimum Gasteiger partial charge on any atom is -0.330 e. The zero-order valence-corrected chi connectivity index (χ0v) is 11.8. The first-order valence-electron chi connectivity index (χ1n) is 7.54. The van der Waals surface area contributed by atoms with Gasteiger partial charge < -0.3 is 10.6 Å². The summed E-state index contributed by atoms with van der Waals surface area (Å²) in [7, 11) is 0. The summed E-state index contributed by atoms with van der Waals surface area (Å²) in [4.78, 5) is 2.67. The molecule has 0 aromatic carbocycles. The Morgan fingerprint density at radius 1 is 1.12 bits per heavy atom. The van der Waals surface area contributed by atoms with Crippen molar-refractivity contribution < 1.29 is 0 Å². The number of piperidine rings is 1. The monoisotopic (exact) mass is 238 g/mol. The van der Waals surface area contributed by atoms with Crippen LogP contribution in [0.25, 0.3) is 0 Å². The lowest BCUT2D eigenvalue weighted by Gasteiger charge is -2.44. The molecule has 2 aliphatic rings. The predicted molar refractivity (Wildman–Crippen MR) is 74.0 cm³/mol. The molecule has 2 nitrogen and oxygen atoms in total. The van der Waals surface area contributed by atoms with E-state index in [-0.39, 0.29) is 0 Å². The molecule has 2 heteroatoms. The fourth-order valence-electron chi connectivity index (χ4n) is 3.30. The SMILES string of the molecule is CCC1(C)CCN(CCC2(CN)CCC2)CC1. The molecule has 0 aromatic heterocycles. The fraction of sp³-hybridized carbons (Fsp3) is 1.00. The van der Waals surface area contributed by atoms with Crippen LogP contribution in [-0.4, -0.2) is 31.1 Å². The molecule has 2 fully saturated rings. The Morgan fingerprint density at radius 2 is 1.76 bits per heavy atom. The number of hydrogen-bond acceptors (Lipinski definition) is 2. The van der Waals surface area contributed by atoms with Crippen LogP contribution in [0.4, 0.5) is 0 Å². The van der Waals surface area contributed by atoms with Gasteiger partial charge >= 0.3 is 0 Å². The Morgan fingerprint density at radius 3 is 2.18 bits per heavy atom. The Balaban J connectivity index is 1.71. The number of rotatable bonds is 5. The molecule has 2 rings (SSSR count). The third-order valence-electron chi connectivity index (χ3n) is 5.72. The van der Waals surface area contributed by atoms with Crippen LogP contribution in [0.2, 0.25) is 0 Å². The van der Waals surface area contributed by atoms with Crippen molar-refractivity contribution in [2.24, 2.45) is 16.6 Å². The van der Waals surface area contributed by atoms with Gasteiger partial charge in [-0.15, -0.1) is 0 Å². The van der Waals surface area contributed by atoms with Crippen molar-refractivity contribution in [2.45, 2.75) is 58.8 Å². The Hall–Kier alpha value is -0.0800. The maximum absolute atomic E-state index is 5.93. The minimum atomic E-state index is 0.533. The van der Waals surface area contributed by atoms with E-state index in [0.717, 1.165) is 6.54 Å². The first-order valence-corrected chi connectivity index (χ1v) is 7.54. The third-order valence-corrected chi connectivity index (χ3v) is 5.72. The highest BCUT2D eigenvalue weighted by molar-refractivity contribution is 4.90. The van der Waals surface area contributed by atoms with Gasteiger partial charge in [0.05, 0.1) is 0 Å². The van der Waals surface area contributed by atoms with Gasteiger partial charge in [-0.05, 0) is 69.1 Å². The van der Waals surface area contributed by atoms with E-state index in [1.54, 1.807) is 0 Å². The fourth-order valence-corrected chi connectivity index (χ4v) is 3.30. The molecular weight excluding hydrogens is 208 g/mol. The molecule has 1 saturated heterocycles. The molecule has 0 aromatic rings. The molecule has 1 heterocycles. The van der Waals surface area contributed by atoms with Crippen LogP contribution in [0.3, 0.4) is 0 Å². The maximum atomic E-state index is 5.93. The van der Waals surface area contributed by atoms with E-state index in [2.05, 4.69) is 18.7 Å². The lowest BCUT2D eigenvalue weighted by Crippen LogP contribution is -2.43.